The molecule has 1 aromatic rings. The van der Waals surface area contributed by atoms with Gasteiger partial charge < -0.3 is 15.5 Å². The summed E-state index contributed by atoms with van der Waals surface area (Å²) in [6, 6.07) is 3.89. The van der Waals surface area contributed by atoms with Crippen molar-refractivity contribution in [1.29, 1.82) is 0 Å². The average molecular weight is 308 g/mol. The van der Waals surface area contributed by atoms with Crippen LogP contribution >= 0.6 is 11.8 Å². The van der Waals surface area contributed by atoms with Crippen molar-refractivity contribution in [2.24, 2.45) is 0 Å². The largest absolute Gasteiger partial charge is 0.368 e. The Bertz CT molecular complexity index is 464. The molecule has 1 aromatic heterocycles. The molecule has 2 rings (SSSR count). The van der Waals surface area contributed by atoms with Gasteiger partial charge in [0.25, 0.3) is 0 Å². The number of anilines is 2. The summed E-state index contributed by atoms with van der Waals surface area (Å²) < 4.78 is 0.0942. The van der Waals surface area contributed by atoms with E-state index in [9.17, 15) is 4.79 Å². The number of piperazine rings is 1. The number of thioether (sulfide) groups is 1. The summed E-state index contributed by atoms with van der Waals surface area (Å²) in [5, 5.41) is 6.17. The lowest BCUT2D eigenvalue weighted by Crippen LogP contribution is -2.43. The van der Waals surface area contributed by atoms with E-state index in [0.29, 0.717) is 11.6 Å². The molecule has 0 radical (unpaired) electrons. The van der Waals surface area contributed by atoms with Gasteiger partial charge in [-0.25, -0.2) is 4.98 Å². The Labute approximate surface area is 130 Å². The summed E-state index contributed by atoms with van der Waals surface area (Å²) in [7, 11) is 0. The van der Waals surface area contributed by atoms with E-state index in [4.69, 9.17) is 0 Å². The maximum atomic E-state index is 11.9. The molecule has 0 atom stereocenters. The first-order valence-corrected chi connectivity index (χ1v) is 8.28. The number of aromatic nitrogens is 1. The lowest BCUT2D eigenvalue weighted by molar-refractivity contribution is -0.113. The predicted molar refractivity (Wildman–Crippen MR) is 90.2 cm³/mol. The zero-order chi connectivity index (χ0) is 15.3. The maximum absolute atomic E-state index is 11.9. The molecule has 1 saturated heterocycles. The van der Waals surface area contributed by atoms with E-state index in [-0.39, 0.29) is 10.7 Å². The topological polar surface area (TPSA) is 57.3 Å². The van der Waals surface area contributed by atoms with Crippen molar-refractivity contribution in [3.63, 3.8) is 0 Å². The summed E-state index contributed by atoms with van der Waals surface area (Å²) in [5.74, 6) is 1.07. The highest BCUT2D eigenvalue weighted by Gasteiger charge is 2.14. The highest BCUT2D eigenvalue weighted by Crippen LogP contribution is 2.23. The average Bonchev–Trinajstić information content (AvgIpc) is 2.46. The lowest BCUT2D eigenvalue weighted by atomic mass is 10.3. The number of carbonyl (C=O) groups excluding carboxylic acids is 1. The number of carbonyl (C=O) groups is 1. The fourth-order valence-electron chi connectivity index (χ4n) is 2.03. The van der Waals surface area contributed by atoms with Crippen LogP contribution in [0.3, 0.4) is 0 Å². The molecule has 1 amide bonds. The van der Waals surface area contributed by atoms with Crippen molar-refractivity contribution >= 4 is 29.2 Å². The van der Waals surface area contributed by atoms with Gasteiger partial charge in [0.1, 0.15) is 5.82 Å². The molecular formula is C15H24N4OS. The van der Waals surface area contributed by atoms with Gasteiger partial charge in [0.05, 0.1) is 17.6 Å². The van der Waals surface area contributed by atoms with Crippen LogP contribution in [0.4, 0.5) is 11.5 Å². The fraction of sp³-hybridized carbons (Fsp3) is 0.600. The standard InChI is InChI=1S/C15H24N4OS/c1-15(2,3)21-11-14(20)18-13-5-4-12(10-17-13)19-8-6-16-7-9-19/h4-5,10,16H,6-9,11H2,1-3H3,(H,17,18,20). The number of hydrogen-bond donors (Lipinski definition) is 2. The third kappa shape index (κ3) is 5.55. The molecule has 0 unspecified atom stereocenters. The molecule has 6 heteroatoms. The third-order valence-corrected chi connectivity index (χ3v) is 4.41. The van der Waals surface area contributed by atoms with Crippen LogP contribution in [0.1, 0.15) is 20.8 Å². The second kappa shape index (κ2) is 7.13. The molecule has 1 fully saturated rings. The summed E-state index contributed by atoms with van der Waals surface area (Å²) in [4.78, 5) is 18.5. The number of nitrogens with one attached hydrogen (secondary N) is 2. The first-order chi connectivity index (χ1) is 9.94. The number of amides is 1. The fourth-order valence-corrected chi connectivity index (χ4v) is 2.67. The van der Waals surface area contributed by atoms with Crippen LogP contribution in [0, 0.1) is 0 Å². The van der Waals surface area contributed by atoms with Crippen LogP contribution in [0.25, 0.3) is 0 Å². The van der Waals surface area contributed by atoms with E-state index in [0.717, 1.165) is 31.9 Å². The highest BCUT2D eigenvalue weighted by molar-refractivity contribution is 8.01. The molecule has 1 aliphatic rings. The van der Waals surface area contributed by atoms with Gasteiger partial charge in [-0.3, -0.25) is 4.79 Å². The molecule has 5 nitrogen and oxygen atoms in total. The molecular weight excluding hydrogens is 284 g/mol. The Balaban J connectivity index is 1.85. The SMILES string of the molecule is CC(C)(C)SCC(=O)Nc1ccc(N2CCNCC2)cn1. The Morgan fingerprint density at radius 1 is 1.38 bits per heavy atom. The minimum atomic E-state index is -0.00246. The van der Waals surface area contributed by atoms with Gasteiger partial charge in [0.15, 0.2) is 0 Å². The van der Waals surface area contributed by atoms with Crippen molar-refractivity contribution in [2.75, 3.05) is 42.1 Å². The molecule has 2 N–H and O–H groups in total. The number of nitrogens with zero attached hydrogens (tertiary/aromatic N) is 2. The molecule has 0 spiro atoms. The molecule has 0 aromatic carbocycles. The van der Waals surface area contributed by atoms with Crippen molar-refractivity contribution in [3.05, 3.63) is 18.3 Å². The molecule has 0 bridgehead atoms. The normalized spacial score (nSPS) is 15.9. The number of hydrogen-bond acceptors (Lipinski definition) is 5. The van der Waals surface area contributed by atoms with Crippen molar-refractivity contribution in [3.8, 4) is 0 Å². The van der Waals surface area contributed by atoms with Crippen LogP contribution in [0.15, 0.2) is 18.3 Å². The zero-order valence-electron chi connectivity index (χ0n) is 13.0. The van der Waals surface area contributed by atoms with E-state index in [2.05, 4.69) is 41.3 Å². The highest BCUT2D eigenvalue weighted by atomic mass is 32.2. The van der Waals surface area contributed by atoms with Gasteiger partial charge in [-0.05, 0) is 12.1 Å². The van der Waals surface area contributed by atoms with Gasteiger partial charge in [-0.1, -0.05) is 20.8 Å². The van der Waals surface area contributed by atoms with E-state index in [1.807, 2.05) is 18.3 Å². The van der Waals surface area contributed by atoms with E-state index in [1.165, 1.54) is 0 Å². The van der Waals surface area contributed by atoms with Crippen LogP contribution in [0.2, 0.25) is 0 Å². The lowest BCUT2D eigenvalue weighted by Gasteiger charge is -2.29. The number of pyridine rings is 1. The molecule has 2 heterocycles. The first-order valence-electron chi connectivity index (χ1n) is 7.29. The van der Waals surface area contributed by atoms with Crippen LogP contribution in [-0.2, 0) is 4.79 Å². The first kappa shape index (κ1) is 16.1. The van der Waals surface area contributed by atoms with Gasteiger partial charge >= 0.3 is 0 Å². The smallest absolute Gasteiger partial charge is 0.235 e. The van der Waals surface area contributed by atoms with Crippen molar-refractivity contribution in [2.45, 2.75) is 25.5 Å². The Morgan fingerprint density at radius 3 is 2.67 bits per heavy atom. The van der Waals surface area contributed by atoms with Crippen LogP contribution in [0.5, 0.6) is 0 Å². The van der Waals surface area contributed by atoms with Crippen LogP contribution < -0.4 is 15.5 Å². The summed E-state index contributed by atoms with van der Waals surface area (Å²) in [5.41, 5.74) is 1.11. The molecule has 0 aliphatic carbocycles. The Hall–Kier alpha value is -1.27. The van der Waals surface area contributed by atoms with Gasteiger partial charge in [0.2, 0.25) is 5.91 Å². The molecule has 21 heavy (non-hydrogen) atoms. The second-order valence-corrected chi connectivity index (χ2v) is 7.89. The molecule has 116 valence electrons. The van der Waals surface area contributed by atoms with Gasteiger partial charge in [-0.15, -0.1) is 11.8 Å². The van der Waals surface area contributed by atoms with Crippen molar-refractivity contribution in [1.82, 2.24) is 10.3 Å². The third-order valence-electron chi connectivity index (χ3n) is 3.13. The Morgan fingerprint density at radius 2 is 2.10 bits per heavy atom. The molecule has 1 aliphatic heterocycles. The van der Waals surface area contributed by atoms with E-state index < -0.39 is 0 Å². The second-order valence-electron chi connectivity index (χ2n) is 6.09. The van der Waals surface area contributed by atoms with Crippen LogP contribution in [-0.4, -0.2) is 47.6 Å². The van der Waals surface area contributed by atoms with Gasteiger partial charge in [0, 0.05) is 30.9 Å². The van der Waals surface area contributed by atoms with E-state index in [1.54, 1.807) is 11.8 Å². The number of rotatable bonds is 4. The summed E-state index contributed by atoms with van der Waals surface area (Å²) >= 11 is 1.63. The minimum Gasteiger partial charge on any atom is -0.368 e. The Kier molecular flexibility index (Phi) is 5.47. The quantitative estimate of drug-likeness (QED) is 0.890. The predicted octanol–water partition coefficient (Wildman–Crippen LogP) is 1.96. The zero-order valence-corrected chi connectivity index (χ0v) is 13.8. The maximum Gasteiger partial charge on any atom is 0.235 e. The van der Waals surface area contributed by atoms with Gasteiger partial charge in [-0.2, -0.15) is 0 Å². The summed E-state index contributed by atoms with van der Waals surface area (Å²) in [6.07, 6.45) is 1.83. The monoisotopic (exact) mass is 308 g/mol. The minimum absolute atomic E-state index is 0.00246. The van der Waals surface area contributed by atoms with E-state index >= 15 is 0 Å². The molecule has 0 saturated carbocycles. The van der Waals surface area contributed by atoms with Crippen molar-refractivity contribution < 1.29 is 4.79 Å². The summed E-state index contributed by atoms with van der Waals surface area (Å²) in [6.45, 7) is 10.3.